The summed E-state index contributed by atoms with van der Waals surface area (Å²) < 4.78 is 2.20. The van der Waals surface area contributed by atoms with Crippen LogP contribution in [0.2, 0.25) is 0 Å². The van der Waals surface area contributed by atoms with Gasteiger partial charge in [0.2, 0.25) is 5.13 Å². The molecule has 2 rings (SSSR count). The van der Waals surface area contributed by atoms with Gasteiger partial charge in [0, 0.05) is 29.2 Å². The highest BCUT2D eigenvalue weighted by Gasteiger charge is 2.08. The second-order valence-corrected chi connectivity index (χ2v) is 7.26. The second-order valence-electron chi connectivity index (χ2n) is 3.23. The van der Waals surface area contributed by atoms with Crippen LogP contribution in [0.25, 0.3) is 0 Å². The summed E-state index contributed by atoms with van der Waals surface area (Å²) in [5.74, 6) is 0.945. The zero-order valence-corrected chi connectivity index (χ0v) is 12.8. The zero-order valence-electron chi connectivity index (χ0n) is 8.81. The second kappa shape index (κ2) is 5.48. The molecule has 0 saturated carbocycles. The maximum Gasteiger partial charge on any atom is 0.208 e. The van der Waals surface area contributed by atoms with Crippen LogP contribution in [0.4, 0.5) is 5.13 Å². The molecule has 2 heterocycles. The lowest BCUT2D eigenvalue weighted by atomic mass is 10.5. The van der Waals surface area contributed by atoms with E-state index in [1.165, 1.54) is 9.35 Å². The number of aromatic nitrogens is 2. The van der Waals surface area contributed by atoms with E-state index in [2.05, 4.69) is 37.6 Å². The fraction of sp³-hybridized carbons (Fsp3) is 0.333. The molecule has 0 aliphatic heterocycles. The summed E-state index contributed by atoms with van der Waals surface area (Å²) in [7, 11) is 3.95. The molecule has 0 aliphatic rings. The van der Waals surface area contributed by atoms with E-state index in [9.17, 15) is 0 Å². The van der Waals surface area contributed by atoms with E-state index in [1.54, 1.807) is 34.4 Å². The number of rotatable bonds is 4. The molecule has 2 aromatic heterocycles. The van der Waals surface area contributed by atoms with Crippen molar-refractivity contribution in [2.24, 2.45) is 0 Å². The minimum Gasteiger partial charge on any atom is -0.353 e. The Balaban J connectivity index is 1.97. The van der Waals surface area contributed by atoms with Crippen molar-refractivity contribution in [3.8, 4) is 0 Å². The van der Waals surface area contributed by atoms with Crippen molar-refractivity contribution < 1.29 is 0 Å². The van der Waals surface area contributed by atoms with Crippen LogP contribution in [0.5, 0.6) is 0 Å². The molecule has 0 spiro atoms. The summed E-state index contributed by atoms with van der Waals surface area (Å²) >= 11 is 8.64. The van der Waals surface area contributed by atoms with Gasteiger partial charge < -0.3 is 4.90 Å². The summed E-state index contributed by atoms with van der Waals surface area (Å²) in [6, 6.07) is 2.08. The van der Waals surface area contributed by atoms with Gasteiger partial charge in [-0.15, -0.1) is 21.5 Å². The van der Waals surface area contributed by atoms with E-state index >= 15 is 0 Å². The Morgan fingerprint density at radius 1 is 1.44 bits per heavy atom. The molecule has 0 unspecified atom stereocenters. The van der Waals surface area contributed by atoms with Crippen LogP contribution in [-0.2, 0) is 5.75 Å². The fourth-order valence-electron chi connectivity index (χ4n) is 0.997. The predicted molar refractivity (Wildman–Crippen MR) is 75.8 cm³/mol. The SMILES string of the molecule is CN(C)c1nnc(SCc2sccc2Br)s1. The van der Waals surface area contributed by atoms with Crippen molar-refractivity contribution in [3.05, 3.63) is 20.8 Å². The fourth-order valence-corrected chi connectivity index (χ4v) is 4.55. The first-order valence-electron chi connectivity index (χ1n) is 4.52. The summed E-state index contributed by atoms with van der Waals surface area (Å²) in [6.07, 6.45) is 0. The minimum atomic E-state index is 0.945. The van der Waals surface area contributed by atoms with Crippen molar-refractivity contribution in [2.75, 3.05) is 19.0 Å². The Bertz CT molecular complexity index is 466. The van der Waals surface area contributed by atoms with E-state index in [-0.39, 0.29) is 0 Å². The van der Waals surface area contributed by atoms with Gasteiger partial charge in [-0.25, -0.2) is 0 Å². The molecule has 0 atom stereocenters. The third kappa shape index (κ3) is 2.97. The Morgan fingerprint density at radius 2 is 2.25 bits per heavy atom. The van der Waals surface area contributed by atoms with Gasteiger partial charge >= 0.3 is 0 Å². The summed E-state index contributed by atoms with van der Waals surface area (Å²) in [5.41, 5.74) is 0. The molecule has 16 heavy (non-hydrogen) atoms. The summed E-state index contributed by atoms with van der Waals surface area (Å²) in [4.78, 5) is 3.31. The molecule has 0 N–H and O–H groups in total. The molecule has 0 aromatic carbocycles. The number of hydrogen-bond acceptors (Lipinski definition) is 6. The van der Waals surface area contributed by atoms with E-state index < -0.39 is 0 Å². The normalized spacial score (nSPS) is 10.7. The molecule has 3 nitrogen and oxygen atoms in total. The van der Waals surface area contributed by atoms with Gasteiger partial charge in [-0.05, 0) is 27.4 Å². The van der Waals surface area contributed by atoms with E-state index in [1.807, 2.05) is 19.0 Å². The van der Waals surface area contributed by atoms with Crippen LogP contribution in [0.1, 0.15) is 4.88 Å². The topological polar surface area (TPSA) is 29.0 Å². The molecule has 0 radical (unpaired) electrons. The highest BCUT2D eigenvalue weighted by atomic mass is 79.9. The van der Waals surface area contributed by atoms with Crippen molar-refractivity contribution in [3.63, 3.8) is 0 Å². The first kappa shape index (κ1) is 12.3. The molecule has 0 amide bonds. The smallest absolute Gasteiger partial charge is 0.208 e. The molecule has 0 saturated heterocycles. The quantitative estimate of drug-likeness (QED) is 0.796. The van der Waals surface area contributed by atoms with Crippen molar-refractivity contribution in [2.45, 2.75) is 10.1 Å². The van der Waals surface area contributed by atoms with Crippen LogP contribution < -0.4 is 4.90 Å². The lowest BCUT2D eigenvalue weighted by molar-refractivity contribution is 0.972. The first-order valence-corrected chi connectivity index (χ1v) is 8.00. The third-order valence-electron chi connectivity index (χ3n) is 1.80. The molecule has 7 heteroatoms. The summed E-state index contributed by atoms with van der Waals surface area (Å²) in [5, 5.41) is 11.3. The maximum absolute atomic E-state index is 4.15. The molecular weight excluding hydrogens is 326 g/mol. The average Bonchev–Trinajstić information content (AvgIpc) is 2.83. The monoisotopic (exact) mass is 335 g/mol. The Kier molecular flexibility index (Phi) is 4.23. The van der Waals surface area contributed by atoms with Gasteiger partial charge in [0.15, 0.2) is 4.34 Å². The number of nitrogens with zero attached hydrogens (tertiary/aromatic N) is 3. The summed E-state index contributed by atoms with van der Waals surface area (Å²) in [6.45, 7) is 0. The van der Waals surface area contributed by atoms with Gasteiger partial charge in [-0.1, -0.05) is 23.1 Å². The lowest BCUT2D eigenvalue weighted by Crippen LogP contribution is -2.07. The van der Waals surface area contributed by atoms with Crippen LogP contribution in [0.15, 0.2) is 20.3 Å². The van der Waals surface area contributed by atoms with E-state index in [0.717, 1.165) is 15.2 Å². The standard InChI is InChI=1S/C9H10BrN3S3/c1-13(2)8-11-12-9(16-8)15-5-7-6(10)3-4-14-7/h3-4H,5H2,1-2H3. The van der Waals surface area contributed by atoms with Crippen molar-refractivity contribution >= 4 is 55.5 Å². The van der Waals surface area contributed by atoms with Crippen LogP contribution in [-0.4, -0.2) is 24.3 Å². The minimum absolute atomic E-state index is 0.945. The average molecular weight is 336 g/mol. The maximum atomic E-state index is 4.15. The first-order chi connectivity index (χ1) is 7.66. The number of anilines is 1. The molecule has 86 valence electrons. The van der Waals surface area contributed by atoms with Crippen molar-refractivity contribution in [1.82, 2.24) is 10.2 Å². The van der Waals surface area contributed by atoms with Gasteiger partial charge in [0.1, 0.15) is 0 Å². The molecule has 2 aromatic rings. The van der Waals surface area contributed by atoms with Crippen LogP contribution in [0.3, 0.4) is 0 Å². The zero-order chi connectivity index (χ0) is 11.5. The predicted octanol–water partition coefficient (Wildman–Crippen LogP) is 3.72. The van der Waals surface area contributed by atoms with Gasteiger partial charge in [0.25, 0.3) is 0 Å². The Labute approximate surface area is 115 Å². The third-order valence-corrected chi connectivity index (χ3v) is 6.16. The van der Waals surface area contributed by atoms with Gasteiger partial charge in [-0.2, -0.15) is 0 Å². The molecule has 0 bridgehead atoms. The van der Waals surface area contributed by atoms with Gasteiger partial charge in [0.05, 0.1) is 0 Å². The number of halogens is 1. The Hall–Kier alpha value is -0.110. The number of hydrogen-bond donors (Lipinski definition) is 0. The van der Waals surface area contributed by atoms with Crippen LogP contribution >= 0.6 is 50.4 Å². The highest BCUT2D eigenvalue weighted by Crippen LogP contribution is 2.33. The molecule has 0 aliphatic carbocycles. The van der Waals surface area contributed by atoms with E-state index in [0.29, 0.717) is 0 Å². The molecular formula is C9H10BrN3S3. The largest absolute Gasteiger partial charge is 0.353 e. The number of thioether (sulfide) groups is 1. The number of thiophene rings is 1. The molecule has 0 fully saturated rings. The Morgan fingerprint density at radius 3 is 2.81 bits per heavy atom. The highest BCUT2D eigenvalue weighted by molar-refractivity contribution is 9.10. The van der Waals surface area contributed by atoms with Gasteiger partial charge in [-0.3, -0.25) is 0 Å². The van der Waals surface area contributed by atoms with Crippen molar-refractivity contribution in [1.29, 1.82) is 0 Å². The van der Waals surface area contributed by atoms with Crippen LogP contribution in [0, 0.1) is 0 Å². The lowest BCUT2D eigenvalue weighted by Gasteiger charge is -2.03. The van der Waals surface area contributed by atoms with E-state index in [4.69, 9.17) is 0 Å².